The first kappa shape index (κ1) is 6.43. The van der Waals surface area contributed by atoms with E-state index in [9.17, 15) is 0 Å². The van der Waals surface area contributed by atoms with Crippen molar-refractivity contribution in [1.82, 2.24) is 0 Å². The van der Waals surface area contributed by atoms with E-state index in [1.54, 1.807) is 0 Å². The van der Waals surface area contributed by atoms with Gasteiger partial charge in [-0.25, -0.2) is 0 Å². The van der Waals surface area contributed by atoms with Crippen LogP contribution in [-0.2, 0) is 4.74 Å². The van der Waals surface area contributed by atoms with E-state index in [2.05, 4.69) is 6.92 Å². The van der Waals surface area contributed by atoms with Crippen LogP contribution in [0, 0.1) is 0 Å². The van der Waals surface area contributed by atoms with Gasteiger partial charge in [0.05, 0.1) is 6.61 Å². The maximum Gasteiger partial charge on any atom is 0.0595 e. The van der Waals surface area contributed by atoms with Crippen molar-refractivity contribution in [3.05, 3.63) is 0 Å². The molecule has 1 heterocycles. The molecule has 1 saturated heterocycles. The summed E-state index contributed by atoms with van der Waals surface area (Å²) in [7, 11) is 0. The largest absolute Gasteiger partial charge is 0.381 e. The number of hydrogen-bond donors (Lipinski definition) is 0. The van der Waals surface area contributed by atoms with E-state index in [0.717, 1.165) is 23.7 Å². The van der Waals surface area contributed by atoms with Crippen LogP contribution < -0.4 is 0 Å². The zero-order valence-corrected chi connectivity index (χ0v) is 6.20. The van der Waals surface area contributed by atoms with E-state index in [0.29, 0.717) is 0 Å². The first-order valence-corrected chi connectivity index (χ1v) is 4.02. The smallest absolute Gasteiger partial charge is 0.0595 e. The van der Waals surface area contributed by atoms with Crippen LogP contribution in [0.25, 0.3) is 0 Å². The minimum Gasteiger partial charge on any atom is -0.381 e. The molecule has 0 aromatic heterocycles. The molecule has 1 aliphatic rings. The van der Waals surface area contributed by atoms with E-state index < -0.39 is 0 Å². The Morgan fingerprint density at radius 2 is 2.25 bits per heavy atom. The standard InChI is InChI=1S/C6H12OS/c1-3-7-4-6-5(2)8-6/h5-6H,3-4H2,1-2H3. The zero-order chi connectivity index (χ0) is 5.98. The molecule has 1 nitrogen and oxygen atoms in total. The molecule has 1 rings (SSSR count). The summed E-state index contributed by atoms with van der Waals surface area (Å²) in [6.07, 6.45) is 0. The molecule has 8 heavy (non-hydrogen) atoms. The first-order chi connectivity index (χ1) is 3.84. The molecule has 2 atom stereocenters. The average Bonchev–Trinajstić information content (AvgIpc) is 2.42. The molecule has 48 valence electrons. The molecule has 0 aromatic rings. The van der Waals surface area contributed by atoms with Crippen LogP contribution in [0.4, 0.5) is 0 Å². The number of thioether (sulfide) groups is 1. The fraction of sp³-hybridized carbons (Fsp3) is 1.00. The Bertz CT molecular complexity index is 74.9. The summed E-state index contributed by atoms with van der Waals surface area (Å²) in [5.41, 5.74) is 0. The molecule has 2 unspecified atom stereocenters. The lowest BCUT2D eigenvalue weighted by atomic mass is 10.4. The topological polar surface area (TPSA) is 9.23 Å². The van der Waals surface area contributed by atoms with Crippen molar-refractivity contribution < 1.29 is 4.74 Å². The predicted octanol–water partition coefficient (Wildman–Crippen LogP) is 1.53. The van der Waals surface area contributed by atoms with Crippen molar-refractivity contribution in [3.63, 3.8) is 0 Å². The van der Waals surface area contributed by atoms with Crippen LogP contribution in [0.3, 0.4) is 0 Å². The number of ether oxygens (including phenoxy) is 1. The Kier molecular flexibility index (Phi) is 2.20. The van der Waals surface area contributed by atoms with Gasteiger partial charge in [-0.1, -0.05) is 6.92 Å². The molecule has 0 radical (unpaired) electrons. The summed E-state index contributed by atoms with van der Waals surface area (Å²) in [6.45, 7) is 6.11. The van der Waals surface area contributed by atoms with E-state index in [4.69, 9.17) is 4.74 Å². The number of hydrogen-bond acceptors (Lipinski definition) is 2. The Labute approximate surface area is 54.8 Å². The maximum absolute atomic E-state index is 5.21. The van der Waals surface area contributed by atoms with Crippen molar-refractivity contribution in [3.8, 4) is 0 Å². The van der Waals surface area contributed by atoms with Gasteiger partial charge in [0.25, 0.3) is 0 Å². The lowest BCUT2D eigenvalue weighted by molar-refractivity contribution is 0.154. The molecule has 2 heteroatoms. The molecule has 0 bridgehead atoms. The molecule has 0 aromatic carbocycles. The van der Waals surface area contributed by atoms with Crippen molar-refractivity contribution in [2.24, 2.45) is 0 Å². The third kappa shape index (κ3) is 1.67. The highest BCUT2D eigenvalue weighted by atomic mass is 32.2. The lowest BCUT2D eigenvalue weighted by Crippen LogP contribution is -2.01. The van der Waals surface area contributed by atoms with Gasteiger partial charge in [-0.2, -0.15) is 11.8 Å². The van der Waals surface area contributed by atoms with Gasteiger partial charge in [-0.15, -0.1) is 0 Å². The Balaban J connectivity index is 1.89. The SMILES string of the molecule is CCOCC1SC1C. The van der Waals surface area contributed by atoms with Crippen molar-refractivity contribution in [2.75, 3.05) is 13.2 Å². The minimum atomic E-state index is 0.815. The van der Waals surface area contributed by atoms with Crippen molar-refractivity contribution in [2.45, 2.75) is 24.3 Å². The summed E-state index contributed by atoms with van der Waals surface area (Å²) >= 11 is 2.01. The van der Waals surface area contributed by atoms with Crippen LogP contribution in [-0.4, -0.2) is 23.7 Å². The van der Waals surface area contributed by atoms with Crippen LogP contribution in [0.15, 0.2) is 0 Å². The third-order valence-corrected chi connectivity index (χ3v) is 2.66. The molecular weight excluding hydrogens is 120 g/mol. The normalized spacial score (nSPS) is 35.2. The first-order valence-electron chi connectivity index (χ1n) is 3.07. The Morgan fingerprint density at radius 1 is 1.62 bits per heavy atom. The van der Waals surface area contributed by atoms with E-state index in [-0.39, 0.29) is 0 Å². The van der Waals surface area contributed by atoms with Gasteiger partial charge >= 0.3 is 0 Å². The summed E-state index contributed by atoms with van der Waals surface area (Å²) in [6, 6.07) is 0. The van der Waals surface area contributed by atoms with Crippen LogP contribution in [0.1, 0.15) is 13.8 Å². The van der Waals surface area contributed by atoms with Gasteiger partial charge in [0.2, 0.25) is 0 Å². The Hall–Kier alpha value is 0.310. The summed E-state index contributed by atoms with van der Waals surface area (Å²) in [5, 5.41) is 1.68. The quantitative estimate of drug-likeness (QED) is 0.538. The van der Waals surface area contributed by atoms with Gasteiger partial charge in [0.15, 0.2) is 0 Å². The van der Waals surface area contributed by atoms with Gasteiger partial charge in [-0.3, -0.25) is 0 Å². The second kappa shape index (κ2) is 2.74. The fourth-order valence-electron chi connectivity index (χ4n) is 0.639. The molecule has 1 fully saturated rings. The lowest BCUT2D eigenvalue weighted by Gasteiger charge is -1.93. The van der Waals surface area contributed by atoms with Gasteiger partial charge in [0, 0.05) is 17.1 Å². The fourth-order valence-corrected chi connectivity index (χ4v) is 1.35. The van der Waals surface area contributed by atoms with E-state index in [1.807, 2.05) is 18.7 Å². The average molecular weight is 132 g/mol. The second-order valence-electron chi connectivity index (χ2n) is 2.04. The van der Waals surface area contributed by atoms with Gasteiger partial charge < -0.3 is 4.74 Å². The molecular formula is C6H12OS. The Morgan fingerprint density at radius 3 is 2.62 bits per heavy atom. The predicted molar refractivity (Wildman–Crippen MR) is 37.3 cm³/mol. The maximum atomic E-state index is 5.21. The summed E-state index contributed by atoms with van der Waals surface area (Å²) in [4.78, 5) is 0. The molecule has 1 aliphatic heterocycles. The summed E-state index contributed by atoms with van der Waals surface area (Å²) < 4.78 is 5.21. The molecule has 0 amide bonds. The minimum absolute atomic E-state index is 0.815. The van der Waals surface area contributed by atoms with Gasteiger partial charge in [-0.05, 0) is 6.92 Å². The molecule has 0 saturated carbocycles. The van der Waals surface area contributed by atoms with E-state index >= 15 is 0 Å². The summed E-state index contributed by atoms with van der Waals surface area (Å²) in [5.74, 6) is 0. The zero-order valence-electron chi connectivity index (χ0n) is 5.39. The van der Waals surface area contributed by atoms with Crippen LogP contribution in [0.5, 0.6) is 0 Å². The van der Waals surface area contributed by atoms with Crippen molar-refractivity contribution in [1.29, 1.82) is 0 Å². The van der Waals surface area contributed by atoms with E-state index in [1.165, 1.54) is 0 Å². The molecule has 0 spiro atoms. The van der Waals surface area contributed by atoms with Crippen LogP contribution >= 0.6 is 11.8 Å². The second-order valence-corrected chi connectivity index (χ2v) is 3.66. The highest BCUT2D eigenvalue weighted by Gasteiger charge is 2.33. The highest BCUT2D eigenvalue weighted by Crippen LogP contribution is 2.40. The van der Waals surface area contributed by atoms with Crippen molar-refractivity contribution >= 4 is 11.8 Å². The molecule has 0 N–H and O–H groups in total. The van der Waals surface area contributed by atoms with Gasteiger partial charge in [0.1, 0.15) is 0 Å². The monoisotopic (exact) mass is 132 g/mol. The van der Waals surface area contributed by atoms with Crippen LogP contribution in [0.2, 0.25) is 0 Å². The highest BCUT2D eigenvalue weighted by molar-refractivity contribution is 8.07. The molecule has 0 aliphatic carbocycles. The number of rotatable bonds is 3. The third-order valence-electron chi connectivity index (χ3n) is 1.32.